The minimum Gasteiger partial charge on any atom is -0.353 e. The first-order valence-corrected chi connectivity index (χ1v) is 12.8. The molecule has 182 valence electrons. The van der Waals surface area contributed by atoms with E-state index in [4.69, 9.17) is 0 Å². The van der Waals surface area contributed by atoms with Gasteiger partial charge in [0, 0.05) is 43.1 Å². The van der Waals surface area contributed by atoms with Gasteiger partial charge in [-0.3, -0.25) is 14.3 Å². The molecule has 1 aliphatic heterocycles. The lowest BCUT2D eigenvalue weighted by Gasteiger charge is -2.46. The van der Waals surface area contributed by atoms with Gasteiger partial charge in [0.15, 0.2) is 0 Å². The number of H-pyrrole nitrogens is 1. The highest BCUT2D eigenvalue weighted by Crippen LogP contribution is 2.51. The zero-order chi connectivity index (χ0) is 24.2. The summed E-state index contributed by atoms with van der Waals surface area (Å²) in [5.74, 6) is 2.37. The summed E-state index contributed by atoms with van der Waals surface area (Å²) < 4.78 is 3.79. The highest BCUT2D eigenvalue weighted by atomic mass is 16.1. The molecule has 0 amide bonds. The summed E-state index contributed by atoms with van der Waals surface area (Å²) in [7, 11) is 2.01. The van der Waals surface area contributed by atoms with Gasteiger partial charge in [0.25, 0.3) is 5.56 Å². The van der Waals surface area contributed by atoms with Crippen LogP contribution in [0.25, 0.3) is 16.6 Å². The van der Waals surface area contributed by atoms with Crippen molar-refractivity contribution < 1.29 is 0 Å². The Kier molecular flexibility index (Phi) is 5.40. The SMILES string of the molecule is CC1CC(c2cccc(-n3ccc4cc(CN5CCC[C@H](C)C5)[nH]c4c3=O)c2)(c2nncn2C)C1. The van der Waals surface area contributed by atoms with Crippen LogP contribution in [0.4, 0.5) is 0 Å². The van der Waals surface area contributed by atoms with Crippen LogP contribution in [-0.2, 0) is 19.0 Å². The number of aromatic nitrogens is 5. The van der Waals surface area contributed by atoms with Crippen LogP contribution >= 0.6 is 0 Å². The fourth-order valence-electron chi connectivity index (χ4n) is 6.49. The van der Waals surface area contributed by atoms with E-state index in [1.165, 1.54) is 18.4 Å². The smallest absolute Gasteiger partial charge is 0.279 e. The van der Waals surface area contributed by atoms with Gasteiger partial charge in [-0.25, -0.2) is 0 Å². The first kappa shape index (κ1) is 22.3. The van der Waals surface area contributed by atoms with Crippen molar-refractivity contribution in [1.82, 2.24) is 29.2 Å². The van der Waals surface area contributed by atoms with Gasteiger partial charge in [0.1, 0.15) is 17.7 Å². The molecule has 1 atom stereocenters. The van der Waals surface area contributed by atoms with E-state index in [0.29, 0.717) is 11.4 Å². The number of hydrogen-bond donors (Lipinski definition) is 1. The van der Waals surface area contributed by atoms with Crippen molar-refractivity contribution in [2.24, 2.45) is 18.9 Å². The molecule has 1 saturated heterocycles. The van der Waals surface area contributed by atoms with E-state index in [-0.39, 0.29) is 11.0 Å². The van der Waals surface area contributed by atoms with Crippen LogP contribution in [0.2, 0.25) is 0 Å². The molecule has 0 spiro atoms. The molecule has 35 heavy (non-hydrogen) atoms. The van der Waals surface area contributed by atoms with Crippen LogP contribution in [0.3, 0.4) is 0 Å². The Labute approximate surface area is 205 Å². The molecule has 2 fully saturated rings. The second-order valence-electron chi connectivity index (χ2n) is 11.0. The number of benzene rings is 1. The van der Waals surface area contributed by atoms with E-state index >= 15 is 0 Å². The average molecular weight is 471 g/mol. The van der Waals surface area contributed by atoms with Crippen LogP contribution in [-0.4, -0.2) is 42.3 Å². The summed E-state index contributed by atoms with van der Waals surface area (Å²) in [5, 5.41) is 9.60. The number of nitrogens with zero attached hydrogens (tertiary/aromatic N) is 5. The van der Waals surface area contributed by atoms with Crippen molar-refractivity contribution in [3.05, 3.63) is 76.4 Å². The second-order valence-corrected chi connectivity index (χ2v) is 11.0. The van der Waals surface area contributed by atoms with Gasteiger partial charge in [-0.05, 0) is 73.9 Å². The summed E-state index contributed by atoms with van der Waals surface area (Å²) in [6.07, 6.45) is 8.31. The first-order chi connectivity index (χ1) is 16.9. The minimum absolute atomic E-state index is 0.00685. The monoisotopic (exact) mass is 470 g/mol. The van der Waals surface area contributed by atoms with Crippen molar-refractivity contribution in [3.8, 4) is 5.69 Å². The van der Waals surface area contributed by atoms with Crippen LogP contribution in [0.1, 0.15) is 56.6 Å². The molecule has 3 aromatic heterocycles. The quantitative estimate of drug-likeness (QED) is 0.469. The van der Waals surface area contributed by atoms with Crippen molar-refractivity contribution in [2.75, 3.05) is 13.1 Å². The molecule has 1 aromatic carbocycles. The molecule has 0 unspecified atom stereocenters. The molecule has 4 aromatic rings. The molecular formula is C28H34N6O. The van der Waals surface area contributed by atoms with Crippen LogP contribution < -0.4 is 5.56 Å². The van der Waals surface area contributed by atoms with Crippen molar-refractivity contribution in [2.45, 2.75) is 51.5 Å². The lowest BCUT2D eigenvalue weighted by Crippen LogP contribution is -2.43. The molecule has 1 aliphatic carbocycles. The van der Waals surface area contributed by atoms with E-state index in [1.807, 2.05) is 29.9 Å². The van der Waals surface area contributed by atoms with Gasteiger partial charge in [-0.15, -0.1) is 10.2 Å². The predicted octanol–water partition coefficient (Wildman–Crippen LogP) is 4.40. The van der Waals surface area contributed by atoms with Gasteiger partial charge < -0.3 is 9.55 Å². The minimum atomic E-state index is -0.153. The Bertz CT molecular complexity index is 1420. The fourth-order valence-corrected chi connectivity index (χ4v) is 6.49. The largest absolute Gasteiger partial charge is 0.353 e. The molecule has 0 radical (unpaired) electrons. The van der Waals surface area contributed by atoms with Crippen LogP contribution in [0, 0.1) is 11.8 Å². The molecule has 2 aliphatic rings. The van der Waals surface area contributed by atoms with E-state index in [0.717, 1.165) is 61.0 Å². The number of aromatic amines is 1. The molecule has 6 rings (SSSR count). The van der Waals surface area contributed by atoms with Gasteiger partial charge in [0.2, 0.25) is 0 Å². The second kappa shape index (κ2) is 8.48. The molecule has 7 heteroatoms. The van der Waals surface area contributed by atoms with E-state index in [1.54, 1.807) is 10.9 Å². The van der Waals surface area contributed by atoms with Crippen molar-refractivity contribution >= 4 is 10.9 Å². The Morgan fingerprint density at radius 1 is 1.14 bits per heavy atom. The molecule has 7 nitrogen and oxygen atoms in total. The highest BCUT2D eigenvalue weighted by molar-refractivity contribution is 5.79. The maximum Gasteiger partial charge on any atom is 0.279 e. The van der Waals surface area contributed by atoms with Gasteiger partial charge in [-0.1, -0.05) is 26.0 Å². The Hall–Kier alpha value is -3.19. The fraction of sp³-hybridized carbons (Fsp3) is 0.464. The van der Waals surface area contributed by atoms with Gasteiger partial charge >= 0.3 is 0 Å². The normalized spacial score (nSPS) is 25.1. The van der Waals surface area contributed by atoms with Gasteiger partial charge in [0.05, 0.1) is 5.41 Å². The number of hydrogen-bond acceptors (Lipinski definition) is 4. The van der Waals surface area contributed by atoms with E-state index in [9.17, 15) is 4.79 Å². The summed E-state index contributed by atoms with van der Waals surface area (Å²) in [6, 6.07) is 12.6. The number of likely N-dealkylation sites (tertiary alicyclic amines) is 1. The first-order valence-electron chi connectivity index (χ1n) is 12.8. The highest BCUT2D eigenvalue weighted by Gasteiger charge is 2.48. The summed E-state index contributed by atoms with van der Waals surface area (Å²) in [5.41, 5.74) is 3.71. The Morgan fingerprint density at radius 3 is 2.74 bits per heavy atom. The predicted molar refractivity (Wildman–Crippen MR) is 138 cm³/mol. The molecule has 4 heterocycles. The molecular weight excluding hydrogens is 436 g/mol. The summed E-state index contributed by atoms with van der Waals surface area (Å²) >= 11 is 0. The zero-order valence-corrected chi connectivity index (χ0v) is 20.9. The van der Waals surface area contributed by atoms with Crippen LogP contribution in [0.15, 0.2) is 53.7 Å². The maximum atomic E-state index is 13.6. The molecule has 0 bridgehead atoms. The van der Waals surface area contributed by atoms with E-state index < -0.39 is 0 Å². The number of aryl methyl sites for hydroxylation is 1. The number of pyridine rings is 1. The zero-order valence-electron chi connectivity index (χ0n) is 20.9. The molecule has 1 saturated carbocycles. The van der Waals surface area contributed by atoms with Crippen molar-refractivity contribution in [1.29, 1.82) is 0 Å². The number of fused-ring (bicyclic) bond motifs is 1. The topological polar surface area (TPSA) is 71.7 Å². The molecule has 1 N–H and O–H groups in total. The maximum absolute atomic E-state index is 13.6. The number of nitrogens with one attached hydrogen (secondary N) is 1. The summed E-state index contributed by atoms with van der Waals surface area (Å²) in [6.45, 7) is 7.72. The third kappa shape index (κ3) is 3.82. The Morgan fingerprint density at radius 2 is 2.00 bits per heavy atom. The van der Waals surface area contributed by atoms with Crippen LogP contribution in [0.5, 0.6) is 0 Å². The number of rotatable bonds is 5. The standard InChI is InChI=1S/C28H34N6O/c1-19-6-5-10-33(16-19)17-23-12-21-9-11-34(26(35)25(21)30-23)24-8-4-7-22(13-24)28(14-20(2)15-28)27-31-29-18-32(27)3/h4,7-9,11-13,18-20,30H,5-6,10,14-17H2,1-3H3/t19-,20?,28?/m0/s1. The van der Waals surface area contributed by atoms with Gasteiger partial charge in [-0.2, -0.15) is 0 Å². The average Bonchev–Trinajstić information content (AvgIpc) is 3.43. The lowest BCUT2D eigenvalue weighted by atomic mass is 9.58. The third-order valence-corrected chi connectivity index (χ3v) is 8.09. The van der Waals surface area contributed by atoms with Crippen molar-refractivity contribution in [3.63, 3.8) is 0 Å². The van der Waals surface area contributed by atoms with E-state index in [2.05, 4.69) is 58.2 Å². The Balaban J connectivity index is 1.35. The summed E-state index contributed by atoms with van der Waals surface area (Å²) in [4.78, 5) is 19.5. The number of piperidine rings is 1. The lowest BCUT2D eigenvalue weighted by molar-refractivity contribution is 0.175. The third-order valence-electron chi connectivity index (χ3n) is 8.09.